The van der Waals surface area contributed by atoms with E-state index in [1.165, 1.54) is 93.3 Å². The van der Waals surface area contributed by atoms with Crippen LogP contribution in [0.1, 0.15) is 105 Å². The van der Waals surface area contributed by atoms with Crippen molar-refractivity contribution >= 4 is 78.0 Å². The number of nitrogens with zero attached hydrogens (tertiary/aromatic N) is 2. The fourth-order valence-corrected chi connectivity index (χ4v) is 10.3. The molecule has 0 N–H and O–H groups in total. The monoisotopic (exact) mass is 776 g/mol. The lowest BCUT2D eigenvalue weighted by Gasteiger charge is -2.44. The van der Waals surface area contributed by atoms with Crippen LogP contribution in [0.3, 0.4) is 0 Å². The Morgan fingerprint density at radius 1 is 0.431 bits per heavy atom. The highest BCUT2D eigenvalue weighted by molar-refractivity contribution is 7.33. The van der Waals surface area contributed by atoms with Gasteiger partial charge in [0, 0.05) is 43.3 Å². The van der Waals surface area contributed by atoms with Gasteiger partial charge in [-0.2, -0.15) is 0 Å². The minimum atomic E-state index is -0.0111. The Morgan fingerprint density at radius 3 is 1.47 bits per heavy atom. The van der Waals surface area contributed by atoms with E-state index in [4.69, 9.17) is 0 Å². The Bertz CT molecular complexity index is 2690. The fraction of sp³-hybridized carbons (Fsp3) is 0.296. The second-order valence-corrected chi connectivity index (χ2v) is 21.9. The van der Waals surface area contributed by atoms with Gasteiger partial charge in [-0.25, -0.2) is 0 Å². The first kappa shape index (κ1) is 38.5. The number of fused-ring (bicyclic) bond motifs is 6. The zero-order valence-electron chi connectivity index (χ0n) is 36.5. The molecule has 0 bridgehead atoms. The van der Waals surface area contributed by atoms with Crippen molar-refractivity contribution in [2.75, 3.05) is 9.80 Å². The van der Waals surface area contributed by atoms with Crippen LogP contribution in [-0.2, 0) is 21.7 Å². The van der Waals surface area contributed by atoms with Crippen molar-refractivity contribution in [2.24, 2.45) is 0 Å². The molecule has 2 aliphatic heterocycles. The zero-order valence-corrected chi connectivity index (χ0v) is 37.3. The van der Waals surface area contributed by atoms with E-state index < -0.39 is 0 Å². The normalized spacial score (nSPS) is 14.1. The molecule has 0 atom stereocenters. The first-order valence-electron chi connectivity index (χ1n) is 21.1. The number of rotatable bonds is 3. The van der Waals surface area contributed by atoms with E-state index in [0.29, 0.717) is 0 Å². The highest BCUT2D eigenvalue weighted by Crippen LogP contribution is 2.50. The molecule has 7 aromatic rings. The standard InChI is InChI=1S/C54H57BN2S/c1-51(2,3)36-18-24-40(25-19-36)56-44-33-39(54(10,11)12)22-28-43(44)55-48-45(56)30-35(34-16-14-13-15-17-34)31-46(48)57(41-26-20-37(21-27-41)52(4,5)6)49-42-32-38(53(7,8)9)23-29-47(42)58-50(49)55/h13-33H,1-12H3. The van der Waals surface area contributed by atoms with Gasteiger partial charge in [-0.1, -0.05) is 156 Å². The summed E-state index contributed by atoms with van der Waals surface area (Å²) in [5, 5.41) is 1.33. The topological polar surface area (TPSA) is 6.48 Å². The van der Waals surface area contributed by atoms with E-state index in [1.807, 2.05) is 11.3 Å². The predicted octanol–water partition coefficient (Wildman–Crippen LogP) is 13.8. The molecule has 6 aromatic carbocycles. The SMILES string of the molecule is CC(C)(C)c1ccc(N2c3cc(C(C)(C)C)ccc3B3c4sc5ccc(C(C)(C)C)cc5c4N(c4ccc(C(C)(C)C)cc4)c4cc(-c5ccccc5)cc2c43)cc1. The summed E-state index contributed by atoms with van der Waals surface area (Å²) in [4.78, 5) is 5.19. The second kappa shape index (κ2) is 13.2. The molecule has 3 heterocycles. The van der Waals surface area contributed by atoms with E-state index in [-0.39, 0.29) is 28.4 Å². The van der Waals surface area contributed by atoms with Gasteiger partial charge in [-0.05, 0) is 121 Å². The van der Waals surface area contributed by atoms with Crippen LogP contribution in [-0.4, -0.2) is 6.71 Å². The van der Waals surface area contributed by atoms with Crippen LogP contribution < -0.4 is 25.5 Å². The van der Waals surface area contributed by atoms with Gasteiger partial charge in [0.1, 0.15) is 0 Å². The predicted molar refractivity (Wildman–Crippen MR) is 256 cm³/mol. The zero-order chi connectivity index (χ0) is 41.1. The van der Waals surface area contributed by atoms with Gasteiger partial charge in [0.25, 0.3) is 6.71 Å². The third-order valence-electron chi connectivity index (χ3n) is 12.5. The summed E-state index contributed by atoms with van der Waals surface area (Å²) in [6, 6.07) is 49.3. The lowest BCUT2D eigenvalue weighted by Crippen LogP contribution is -2.60. The van der Waals surface area contributed by atoms with E-state index in [9.17, 15) is 0 Å². The summed E-state index contributed by atoms with van der Waals surface area (Å²) >= 11 is 1.98. The number of benzene rings is 6. The fourth-order valence-electron chi connectivity index (χ4n) is 8.98. The molecule has 58 heavy (non-hydrogen) atoms. The quantitative estimate of drug-likeness (QED) is 0.165. The molecule has 2 nitrogen and oxygen atoms in total. The van der Waals surface area contributed by atoms with E-state index in [0.717, 1.165) is 0 Å². The van der Waals surface area contributed by atoms with Crippen molar-refractivity contribution in [3.8, 4) is 11.1 Å². The number of anilines is 6. The Hall–Kier alpha value is -5.06. The molecule has 0 radical (unpaired) electrons. The van der Waals surface area contributed by atoms with E-state index >= 15 is 0 Å². The number of thiophene rings is 1. The van der Waals surface area contributed by atoms with Gasteiger partial charge in [0.15, 0.2) is 0 Å². The molecule has 0 unspecified atom stereocenters. The molecule has 0 aliphatic carbocycles. The Labute approximate surface area is 351 Å². The van der Waals surface area contributed by atoms with Crippen LogP contribution in [0.5, 0.6) is 0 Å². The van der Waals surface area contributed by atoms with Gasteiger partial charge < -0.3 is 9.80 Å². The van der Waals surface area contributed by atoms with Crippen molar-refractivity contribution < 1.29 is 0 Å². The average molecular weight is 777 g/mol. The lowest BCUT2D eigenvalue weighted by molar-refractivity contribution is 0.590. The van der Waals surface area contributed by atoms with Crippen molar-refractivity contribution in [3.05, 3.63) is 150 Å². The maximum absolute atomic E-state index is 2.62. The van der Waals surface area contributed by atoms with Crippen LogP contribution in [0.4, 0.5) is 34.1 Å². The first-order chi connectivity index (χ1) is 27.3. The molecule has 0 fully saturated rings. The smallest absolute Gasteiger partial charge is 0.264 e. The molecule has 292 valence electrons. The molecule has 9 rings (SSSR count). The molecule has 0 saturated carbocycles. The Balaban J connectivity index is 1.42. The van der Waals surface area contributed by atoms with Crippen LogP contribution in [0.2, 0.25) is 0 Å². The highest BCUT2D eigenvalue weighted by Gasteiger charge is 2.46. The largest absolute Gasteiger partial charge is 0.311 e. The van der Waals surface area contributed by atoms with Crippen molar-refractivity contribution in [1.82, 2.24) is 0 Å². The molecule has 4 heteroatoms. The Morgan fingerprint density at radius 2 is 0.914 bits per heavy atom. The first-order valence-corrected chi connectivity index (χ1v) is 21.9. The van der Waals surface area contributed by atoms with Crippen LogP contribution >= 0.6 is 11.3 Å². The van der Waals surface area contributed by atoms with Crippen LogP contribution in [0.15, 0.2) is 127 Å². The molecule has 0 amide bonds. The third kappa shape index (κ3) is 6.40. The van der Waals surface area contributed by atoms with Crippen molar-refractivity contribution in [2.45, 2.75) is 105 Å². The van der Waals surface area contributed by atoms with Crippen LogP contribution in [0, 0.1) is 0 Å². The summed E-state index contributed by atoms with van der Waals surface area (Å²) < 4.78 is 2.75. The van der Waals surface area contributed by atoms with Crippen molar-refractivity contribution in [1.29, 1.82) is 0 Å². The molecule has 2 aliphatic rings. The number of hydrogen-bond donors (Lipinski definition) is 0. The summed E-state index contributed by atoms with van der Waals surface area (Å²) in [7, 11) is 0. The van der Waals surface area contributed by atoms with Gasteiger partial charge in [0.2, 0.25) is 0 Å². The average Bonchev–Trinajstić information content (AvgIpc) is 3.55. The second-order valence-electron chi connectivity index (χ2n) is 20.8. The minimum absolute atomic E-state index is 0.0111. The molecule has 1 aromatic heterocycles. The van der Waals surface area contributed by atoms with Crippen LogP contribution in [0.25, 0.3) is 21.2 Å². The van der Waals surface area contributed by atoms with Gasteiger partial charge in [-0.3, -0.25) is 0 Å². The maximum atomic E-state index is 2.62. The third-order valence-corrected chi connectivity index (χ3v) is 13.7. The summed E-state index contributed by atoms with van der Waals surface area (Å²) in [6.07, 6.45) is 0. The molecule has 0 spiro atoms. The van der Waals surface area contributed by atoms with E-state index in [2.05, 4.69) is 220 Å². The highest BCUT2D eigenvalue weighted by atomic mass is 32.1. The van der Waals surface area contributed by atoms with Gasteiger partial charge >= 0.3 is 0 Å². The lowest BCUT2D eigenvalue weighted by atomic mass is 9.36. The van der Waals surface area contributed by atoms with Gasteiger partial charge in [-0.15, -0.1) is 11.3 Å². The van der Waals surface area contributed by atoms with E-state index in [1.54, 1.807) is 0 Å². The van der Waals surface area contributed by atoms with Crippen molar-refractivity contribution in [3.63, 3.8) is 0 Å². The molecular weight excluding hydrogens is 719 g/mol. The maximum Gasteiger partial charge on any atom is 0.264 e. The summed E-state index contributed by atoms with van der Waals surface area (Å²) in [6.45, 7) is 27.9. The molecule has 0 saturated heterocycles. The summed E-state index contributed by atoms with van der Waals surface area (Å²) in [5.41, 5.74) is 18.1. The van der Waals surface area contributed by atoms with Gasteiger partial charge in [0.05, 0.1) is 5.69 Å². The molecular formula is C54H57BN2S. The minimum Gasteiger partial charge on any atom is -0.311 e. The summed E-state index contributed by atoms with van der Waals surface area (Å²) in [5.74, 6) is 0. The Kier molecular flexibility index (Phi) is 8.77. The number of hydrogen-bond acceptors (Lipinski definition) is 3.